The average molecular weight is 429 g/mol. The minimum Gasteiger partial charge on any atom is -0.273 e. The molecule has 2 aromatic carbocycles. The lowest BCUT2D eigenvalue weighted by Crippen LogP contribution is -2.60. The molecule has 4 saturated carbocycles. The van der Waals surface area contributed by atoms with Crippen molar-refractivity contribution in [3.8, 4) is 0 Å². The van der Waals surface area contributed by atoms with Crippen molar-refractivity contribution in [2.24, 2.45) is 32.9 Å². The standard InChI is InChI=1S/C26H28N4O2/c31-23(29-27-16-19-7-3-1-4-8-19)25-12-21-11-22(13-25)15-26(14-21,18-25)24(32)30-28-17-20-9-5-2-6-10-20/h1-10,16-17,21-22H,11-15,18H2,(H,29,31)(H,30,32). The maximum atomic E-state index is 13.3. The number of hydrogen-bond acceptors (Lipinski definition) is 4. The molecule has 6 nitrogen and oxygen atoms in total. The summed E-state index contributed by atoms with van der Waals surface area (Å²) in [6.07, 6.45) is 8.41. The summed E-state index contributed by atoms with van der Waals surface area (Å²) in [6, 6.07) is 19.4. The molecular weight excluding hydrogens is 400 g/mol. The maximum Gasteiger partial charge on any atom is 0.246 e. The number of nitrogens with zero attached hydrogens (tertiary/aromatic N) is 2. The van der Waals surface area contributed by atoms with Crippen LogP contribution in [0.25, 0.3) is 0 Å². The van der Waals surface area contributed by atoms with E-state index in [2.05, 4.69) is 21.1 Å². The quantitative estimate of drug-likeness (QED) is 0.541. The van der Waals surface area contributed by atoms with E-state index < -0.39 is 10.8 Å². The van der Waals surface area contributed by atoms with Gasteiger partial charge in [-0.05, 0) is 61.5 Å². The third kappa shape index (κ3) is 3.97. The van der Waals surface area contributed by atoms with Crippen LogP contribution in [0.5, 0.6) is 0 Å². The van der Waals surface area contributed by atoms with Gasteiger partial charge in [-0.1, -0.05) is 60.7 Å². The van der Waals surface area contributed by atoms with Crippen LogP contribution in [0, 0.1) is 22.7 Å². The number of nitrogens with one attached hydrogen (secondary N) is 2. The highest BCUT2D eigenvalue weighted by Crippen LogP contribution is 2.65. The fourth-order valence-electron chi connectivity index (χ4n) is 6.44. The molecule has 2 amide bonds. The highest BCUT2D eigenvalue weighted by atomic mass is 16.2. The van der Waals surface area contributed by atoms with Crippen LogP contribution in [0.3, 0.4) is 0 Å². The van der Waals surface area contributed by atoms with Crippen LogP contribution in [0.4, 0.5) is 0 Å². The second-order valence-electron chi connectivity index (χ2n) is 9.74. The molecule has 6 heteroatoms. The Kier molecular flexibility index (Phi) is 5.37. The molecule has 0 aromatic heterocycles. The summed E-state index contributed by atoms with van der Waals surface area (Å²) in [6.45, 7) is 0. The predicted octanol–water partition coefficient (Wildman–Crippen LogP) is 3.87. The van der Waals surface area contributed by atoms with E-state index in [9.17, 15) is 9.59 Å². The van der Waals surface area contributed by atoms with Crippen molar-refractivity contribution in [3.05, 3.63) is 71.8 Å². The summed E-state index contributed by atoms with van der Waals surface area (Å²) in [5.74, 6) is 0.709. The molecule has 0 spiro atoms. The van der Waals surface area contributed by atoms with E-state index in [-0.39, 0.29) is 11.8 Å². The maximum absolute atomic E-state index is 13.3. The smallest absolute Gasteiger partial charge is 0.246 e. The van der Waals surface area contributed by atoms with Gasteiger partial charge in [0.25, 0.3) is 0 Å². The van der Waals surface area contributed by atoms with Gasteiger partial charge in [-0.2, -0.15) is 10.2 Å². The van der Waals surface area contributed by atoms with Crippen molar-refractivity contribution < 1.29 is 9.59 Å². The molecule has 4 bridgehead atoms. The Morgan fingerprint density at radius 1 is 0.719 bits per heavy atom. The number of amides is 2. The first kappa shape index (κ1) is 20.6. The van der Waals surface area contributed by atoms with Crippen molar-refractivity contribution >= 4 is 24.2 Å². The van der Waals surface area contributed by atoms with Gasteiger partial charge in [0.1, 0.15) is 0 Å². The largest absolute Gasteiger partial charge is 0.273 e. The van der Waals surface area contributed by atoms with E-state index in [0.717, 1.165) is 43.2 Å². The number of hydrazone groups is 2. The van der Waals surface area contributed by atoms with E-state index in [1.807, 2.05) is 60.7 Å². The molecular formula is C26H28N4O2. The first-order chi connectivity index (χ1) is 15.6. The van der Waals surface area contributed by atoms with Gasteiger partial charge in [0.2, 0.25) is 11.8 Å². The van der Waals surface area contributed by atoms with E-state index >= 15 is 0 Å². The SMILES string of the molecule is O=C(NN=Cc1ccccc1)C12CC3CC(C1)CC(C(=O)NN=Cc1ccccc1)(C3)C2. The minimum absolute atomic E-state index is 0.0521. The molecule has 0 aliphatic heterocycles. The van der Waals surface area contributed by atoms with Crippen molar-refractivity contribution in [1.82, 2.24) is 10.9 Å². The van der Waals surface area contributed by atoms with Gasteiger partial charge in [-0.3, -0.25) is 9.59 Å². The van der Waals surface area contributed by atoms with Crippen LogP contribution in [-0.4, -0.2) is 24.2 Å². The Labute approximate surface area is 188 Å². The Hall–Kier alpha value is -3.28. The molecule has 32 heavy (non-hydrogen) atoms. The van der Waals surface area contributed by atoms with Crippen LogP contribution in [0.15, 0.2) is 70.9 Å². The highest BCUT2D eigenvalue weighted by molar-refractivity contribution is 5.89. The second kappa shape index (κ2) is 8.34. The lowest BCUT2D eigenvalue weighted by molar-refractivity contribution is -0.167. The van der Waals surface area contributed by atoms with Crippen molar-refractivity contribution in [2.75, 3.05) is 0 Å². The van der Waals surface area contributed by atoms with Gasteiger partial charge in [0, 0.05) is 0 Å². The lowest BCUT2D eigenvalue weighted by atomic mass is 9.43. The number of hydrogen-bond donors (Lipinski definition) is 2. The van der Waals surface area contributed by atoms with E-state index in [1.54, 1.807) is 12.4 Å². The third-order valence-corrected chi connectivity index (χ3v) is 7.38. The van der Waals surface area contributed by atoms with Crippen LogP contribution < -0.4 is 10.9 Å². The summed E-state index contributed by atoms with van der Waals surface area (Å²) < 4.78 is 0. The van der Waals surface area contributed by atoms with Crippen LogP contribution in [0.1, 0.15) is 49.7 Å². The van der Waals surface area contributed by atoms with Gasteiger partial charge >= 0.3 is 0 Å². The Bertz CT molecular complexity index is 953. The van der Waals surface area contributed by atoms with E-state index in [1.165, 1.54) is 0 Å². The summed E-state index contributed by atoms with van der Waals surface area (Å²) in [5, 5.41) is 8.40. The van der Waals surface area contributed by atoms with Crippen LogP contribution in [0.2, 0.25) is 0 Å². The predicted molar refractivity (Wildman–Crippen MR) is 124 cm³/mol. The number of carbonyl (C=O) groups is 2. The Morgan fingerprint density at radius 3 is 1.53 bits per heavy atom. The first-order valence-corrected chi connectivity index (χ1v) is 11.3. The lowest BCUT2D eigenvalue weighted by Gasteiger charge is -2.60. The number of benzene rings is 2. The zero-order chi connectivity index (χ0) is 22.0. The van der Waals surface area contributed by atoms with Crippen molar-refractivity contribution in [2.45, 2.75) is 38.5 Å². The van der Waals surface area contributed by atoms with Crippen molar-refractivity contribution in [1.29, 1.82) is 0 Å². The summed E-state index contributed by atoms with van der Waals surface area (Å²) in [7, 11) is 0. The van der Waals surface area contributed by atoms with Crippen LogP contribution in [-0.2, 0) is 9.59 Å². The van der Waals surface area contributed by atoms with Gasteiger partial charge in [0.15, 0.2) is 0 Å². The van der Waals surface area contributed by atoms with Gasteiger partial charge in [-0.25, -0.2) is 10.9 Å². The molecule has 0 unspecified atom stereocenters. The zero-order valence-corrected chi connectivity index (χ0v) is 18.0. The molecule has 4 fully saturated rings. The van der Waals surface area contributed by atoms with Crippen LogP contribution >= 0.6 is 0 Å². The van der Waals surface area contributed by atoms with Gasteiger partial charge in [-0.15, -0.1) is 0 Å². The molecule has 2 aromatic rings. The van der Waals surface area contributed by atoms with E-state index in [4.69, 9.17) is 0 Å². The number of rotatable bonds is 6. The average Bonchev–Trinajstić information content (AvgIpc) is 2.79. The highest BCUT2D eigenvalue weighted by Gasteiger charge is 2.63. The molecule has 0 atom stereocenters. The fraction of sp³-hybridized carbons (Fsp3) is 0.385. The minimum atomic E-state index is -0.515. The normalized spacial score (nSPS) is 30.6. The fourth-order valence-corrected chi connectivity index (χ4v) is 6.44. The molecule has 2 N–H and O–H groups in total. The zero-order valence-electron chi connectivity index (χ0n) is 18.0. The second-order valence-corrected chi connectivity index (χ2v) is 9.74. The summed E-state index contributed by atoms with van der Waals surface area (Å²) in [5.41, 5.74) is 6.40. The number of carbonyl (C=O) groups excluding carboxylic acids is 2. The molecule has 4 aliphatic rings. The third-order valence-electron chi connectivity index (χ3n) is 7.38. The van der Waals surface area contributed by atoms with Gasteiger partial charge < -0.3 is 0 Å². The first-order valence-electron chi connectivity index (χ1n) is 11.3. The molecule has 4 aliphatic carbocycles. The molecule has 0 heterocycles. The summed E-state index contributed by atoms with van der Waals surface area (Å²) >= 11 is 0. The Morgan fingerprint density at radius 2 is 1.12 bits per heavy atom. The molecule has 0 radical (unpaired) electrons. The molecule has 6 rings (SSSR count). The monoisotopic (exact) mass is 428 g/mol. The summed E-state index contributed by atoms with van der Waals surface area (Å²) in [4.78, 5) is 26.5. The molecule has 0 saturated heterocycles. The Balaban J connectivity index is 1.29. The van der Waals surface area contributed by atoms with E-state index in [0.29, 0.717) is 18.3 Å². The van der Waals surface area contributed by atoms with Crippen molar-refractivity contribution in [3.63, 3.8) is 0 Å². The van der Waals surface area contributed by atoms with Gasteiger partial charge in [0.05, 0.1) is 23.3 Å². The molecule has 164 valence electrons. The topological polar surface area (TPSA) is 82.9 Å².